The molecule has 5 aromatic rings. The third-order valence-corrected chi connectivity index (χ3v) is 5.39. The minimum absolute atomic E-state index is 0.0172. The minimum atomic E-state index is -0.579. The maximum absolute atomic E-state index is 13.0. The van der Waals surface area contributed by atoms with Crippen molar-refractivity contribution in [3.8, 4) is 11.8 Å². The number of fused-ring (bicyclic) bond motifs is 1. The minimum Gasteiger partial charge on any atom is -0.382 e. The second-order valence-electron chi connectivity index (χ2n) is 7.85. The van der Waals surface area contributed by atoms with Crippen molar-refractivity contribution in [1.82, 2.24) is 40.1 Å². The van der Waals surface area contributed by atoms with E-state index < -0.39 is 11.9 Å². The lowest BCUT2D eigenvalue weighted by Crippen LogP contribution is -2.30. The molecule has 1 amide bonds. The molecule has 0 bridgehead atoms. The average Bonchev–Trinajstić information content (AvgIpc) is 3.32. The van der Waals surface area contributed by atoms with Crippen LogP contribution >= 0.6 is 11.6 Å². The van der Waals surface area contributed by atoms with E-state index in [1.54, 1.807) is 60.2 Å². The summed E-state index contributed by atoms with van der Waals surface area (Å²) in [7, 11) is 0. The zero-order chi connectivity index (χ0) is 25.8. The molecule has 0 spiro atoms. The predicted octanol–water partition coefficient (Wildman–Crippen LogP) is 3.18. The van der Waals surface area contributed by atoms with E-state index >= 15 is 0 Å². The summed E-state index contributed by atoms with van der Waals surface area (Å²) in [6.45, 7) is 1.75. The highest BCUT2D eigenvalue weighted by atomic mass is 35.5. The van der Waals surface area contributed by atoms with Crippen LogP contribution in [0.25, 0.3) is 5.65 Å². The molecule has 0 radical (unpaired) electrons. The Balaban J connectivity index is 1.35. The number of nitrogens with one attached hydrogen (secondary N) is 2. The Morgan fingerprint density at radius 1 is 1.11 bits per heavy atom. The number of nitrogens with two attached hydrogens (primary N) is 1. The molecule has 0 aliphatic rings. The number of halogens is 1. The fraction of sp³-hybridized carbons (Fsp3) is 0.0800. The van der Waals surface area contributed by atoms with Gasteiger partial charge >= 0.3 is 0 Å². The lowest BCUT2D eigenvalue weighted by atomic mass is 10.2. The molecule has 0 saturated carbocycles. The van der Waals surface area contributed by atoms with E-state index in [9.17, 15) is 4.79 Å². The Kier molecular flexibility index (Phi) is 6.56. The second kappa shape index (κ2) is 10.3. The van der Waals surface area contributed by atoms with Gasteiger partial charge < -0.3 is 16.4 Å². The number of amides is 1. The van der Waals surface area contributed by atoms with Gasteiger partial charge in [0, 0.05) is 28.7 Å². The standard InChI is InChI=1S/C25H19ClN10O/c1-15(24-34-33-21-8-7-20(35-36(21)24)31-18-4-2-3-17(26)13-18)30-25(37)22-23(27)29-14-19(32-22)6-5-16-9-11-28-12-10-16/h2-4,7-15H,1H3,(H2,27,29)(H,30,37)(H,31,35)/t15-/m1/s1. The van der Waals surface area contributed by atoms with Crippen LogP contribution in [0.3, 0.4) is 0 Å². The Morgan fingerprint density at radius 3 is 2.76 bits per heavy atom. The van der Waals surface area contributed by atoms with E-state index in [-0.39, 0.29) is 11.5 Å². The van der Waals surface area contributed by atoms with Gasteiger partial charge in [-0.05, 0) is 55.3 Å². The highest BCUT2D eigenvalue weighted by Crippen LogP contribution is 2.20. The number of carbonyl (C=O) groups is 1. The molecule has 4 aromatic heterocycles. The summed E-state index contributed by atoms with van der Waals surface area (Å²) < 4.78 is 1.55. The number of nitrogen functional groups attached to an aromatic ring is 1. The van der Waals surface area contributed by atoms with Gasteiger partial charge in [-0.25, -0.2) is 9.97 Å². The summed E-state index contributed by atoms with van der Waals surface area (Å²) >= 11 is 6.07. The first-order chi connectivity index (χ1) is 18.0. The molecule has 0 aliphatic heterocycles. The molecule has 4 N–H and O–H groups in total. The number of carbonyl (C=O) groups excluding carboxylic acids is 1. The van der Waals surface area contributed by atoms with Crippen LogP contribution in [0, 0.1) is 11.8 Å². The van der Waals surface area contributed by atoms with Gasteiger partial charge in [0.15, 0.2) is 28.8 Å². The highest BCUT2D eigenvalue weighted by Gasteiger charge is 2.21. The topological polar surface area (TPSA) is 149 Å². The third kappa shape index (κ3) is 5.44. The number of pyridine rings is 1. The summed E-state index contributed by atoms with van der Waals surface area (Å²) in [6.07, 6.45) is 4.69. The van der Waals surface area contributed by atoms with E-state index in [1.807, 2.05) is 12.1 Å². The fourth-order valence-electron chi connectivity index (χ4n) is 3.38. The van der Waals surface area contributed by atoms with E-state index in [4.69, 9.17) is 17.3 Å². The molecule has 12 heteroatoms. The molecular formula is C25H19ClN10O. The van der Waals surface area contributed by atoms with Crippen molar-refractivity contribution in [3.63, 3.8) is 0 Å². The molecule has 0 aliphatic carbocycles. The van der Waals surface area contributed by atoms with E-state index in [0.717, 1.165) is 11.3 Å². The quantitative estimate of drug-likeness (QED) is 0.303. The van der Waals surface area contributed by atoms with Crippen molar-refractivity contribution in [2.45, 2.75) is 13.0 Å². The molecule has 0 fully saturated rings. The number of rotatable bonds is 5. The normalized spacial score (nSPS) is 11.4. The van der Waals surface area contributed by atoms with Crippen molar-refractivity contribution < 1.29 is 4.79 Å². The Bertz CT molecular complexity index is 1660. The summed E-state index contributed by atoms with van der Waals surface area (Å²) in [5.41, 5.74) is 8.23. The monoisotopic (exact) mass is 510 g/mol. The Labute approximate surface area is 216 Å². The first-order valence-corrected chi connectivity index (χ1v) is 11.4. The molecule has 5 rings (SSSR count). The number of anilines is 3. The number of nitrogens with zero attached hydrogens (tertiary/aromatic N) is 7. The summed E-state index contributed by atoms with van der Waals surface area (Å²) in [6, 6.07) is 13.8. The van der Waals surface area contributed by atoms with Crippen LogP contribution in [0.4, 0.5) is 17.3 Å². The molecule has 11 nitrogen and oxygen atoms in total. The van der Waals surface area contributed by atoms with Crippen LogP contribution in [0.15, 0.2) is 67.1 Å². The van der Waals surface area contributed by atoms with Crippen molar-refractivity contribution in [2.75, 3.05) is 11.1 Å². The van der Waals surface area contributed by atoms with Crippen molar-refractivity contribution in [2.24, 2.45) is 0 Å². The molecule has 182 valence electrons. The third-order valence-electron chi connectivity index (χ3n) is 5.15. The maximum Gasteiger partial charge on any atom is 0.274 e. The van der Waals surface area contributed by atoms with Crippen LogP contribution in [-0.4, -0.2) is 40.7 Å². The van der Waals surface area contributed by atoms with Gasteiger partial charge in [-0.1, -0.05) is 23.6 Å². The number of hydrogen-bond acceptors (Lipinski definition) is 9. The lowest BCUT2D eigenvalue weighted by Gasteiger charge is -2.13. The molecule has 0 saturated heterocycles. The largest absolute Gasteiger partial charge is 0.382 e. The van der Waals surface area contributed by atoms with E-state index in [2.05, 4.69) is 52.7 Å². The van der Waals surface area contributed by atoms with Crippen LogP contribution in [0.5, 0.6) is 0 Å². The van der Waals surface area contributed by atoms with Crippen LogP contribution in [-0.2, 0) is 0 Å². The molecule has 4 heterocycles. The van der Waals surface area contributed by atoms with Crippen molar-refractivity contribution in [1.29, 1.82) is 0 Å². The average molecular weight is 511 g/mol. The molecule has 1 aromatic carbocycles. The second-order valence-corrected chi connectivity index (χ2v) is 8.29. The van der Waals surface area contributed by atoms with Gasteiger partial charge in [-0.3, -0.25) is 9.78 Å². The number of hydrogen-bond donors (Lipinski definition) is 3. The summed E-state index contributed by atoms with van der Waals surface area (Å²) in [5.74, 6) is 6.24. The van der Waals surface area contributed by atoms with Crippen molar-refractivity contribution >= 4 is 40.5 Å². The summed E-state index contributed by atoms with van der Waals surface area (Å²) in [5, 5.41) is 19.5. The molecule has 0 unspecified atom stereocenters. The van der Waals surface area contributed by atoms with Gasteiger partial charge in [0.1, 0.15) is 5.69 Å². The van der Waals surface area contributed by atoms with Gasteiger partial charge in [-0.15, -0.1) is 15.3 Å². The van der Waals surface area contributed by atoms with Crippen LogP contribution in [0.2, 0.25) is 5.02 Å². The highest BCUT2D eigenvalue weighted by molar-refractivity contribution is 6.30. The lowest BCUT2D eigenvalue weighted by molar-refractivity contribution is 0.0933. The van der Waals surface area contributed by atoms with Gasteiger partial charge in [-0.2, -0.15) is 4.52 Å². The smallest absolute Gasteiger partial charge is 0.274 e. The number of aromatic nitrogens is 7. The Morgan fingerprint density at radius 2 is 1.95 bits per heavy atom. The van der Waals surface area contributed by atoms with E-state index in [1.165, 1.54) is 6.20 Å². The van der Waals surface area contributed by atoms with Gasteiger partial charge in [0.2, 0.25) is 0 Å². The SMILES string of the molecule is C[C@@H](NC(=O)c1nc(C#Cc2ccncc2)cnc1N)c1nnc2ccc(Nc3cccc(Cl)c3)nn12. The Hall–Kier alpha value is -5.08. The van der Waals surface area contributed by atoms with E-state index in [0.29, 0.717) is 28.0 Å². The van der Waals surface area contributed by atoms with Crippen LogP contribution < -0.4 is 16.4 Å². The maximum atomic E-state index is 13.0. The first-order valence-electron chi connectivity index (χ1n) is 11.1. The fourth-order valence-corrected chi connectivity index (χ4v) is 3.57. The molecule has 1 atom stereocenters. The summed E-state index contributed by atoms with van der Waals surface area (Å²) in [4.78, 5) is 25.3. The predicted molar refractivity (Wildman–Crippen MR) is 138 cm³/mol. The van der Waals surface area contributed by atoms with Crippen molar-refractivity contribution in [3.05, 3.63) is 94.9 Å². The van der Waals surface area contributed by atoms with Gasteiger partial charge in [0.05, 0.1) is 12.2 Å². The molecular weight excluding hydrogens is 492 g/mol. The van der Waals surface area contributed by atoms with Crippen LogP contribution in [0.1, 0.15) is 40.5 Å². The zero-order valence-corrected chi connectivity index (χ0v) is 20.2. The zero-order valence-electron chi connectivity index (χ0n) is 19.4. The first kappa shape index (κ1) is 23.7. The number of benzene rings is 1. The van der Waals surface area contributed by atoms with Gasteiger partial charge in [0.25, 0.3) is 5.91 Å². The molecule has 37 heavy (non-hydrogen) atoms.